The molecule has 0 atom stereocenters. The Labute approximate surface area is 123 Å². The second kappa shape index (κ2) is 5.93. The highest BCUT2D eigenvalue weighted by Gasteiger charge is 2.10. The van der Waals surface area contributed by atoms with Crippen molar-refractivity contribution in [3.63, 3.8) is 0 Å². The maximum absolute atomic E-state index is 5.64. The summed E-state index contributed by atoms with van der Waals surface area (Å²) in [5, 5.41) is 10.5. The zero-order valence-electron chi connectivity index (χ0n) is 12.2. The molecule has 0 amide bonds. The second-order valence-electron chi connectivity index (χ2n) is 5.09. The summed E-state index contributed by atoms with van der Waals surface area (Å²) in [6, 6.07) is 5.93. The van der Waals surface area contributed by atoms with E-state index in [-0.39, 0.29) is 0 Å². The average molecular weight is 282 g/mol. The lowest BCUT2D eigenvalue weighted by molar-refractivity contribution is 0.545. The summed E-state index contributed by atoms with van der Waals surface area (Å²) in [5.74, 6) is 1.71. The lowest BCUT2D eigenvalue weighted by Crippen LogP contribution is -2.13. The summed E-state index contributed by atoms with van der Waals surface area (Å²) >= 11 is 0. The van der Waals surface area contributed by atoms with E-state index in [0.717, 1.165) is 35.9 Å². The highest BCUT2D eigenvalue weighted by atomic mass is 16.3. The Bertz CT molecular complexity index is 729. The van der Waals surface area contributed by atoms with Crippen molar-refractivity contribution in [2.45, 2.75) is 26.9 Å². The highest BCUT2D eigenvalue weighted by Crippen LogP contribution is 2.23. The third-order valence-corrected chi connectivity index (χ3v) is 3.48. The zero-order valence-corrected chi connectivity index (χ0v) is 12.2. The molecule has 3 heterocycles. The summed E-state index contributed by atoms with van der Waals surface area (Å²) in [4.78, 5) is 4.16. The van der Waals surface area contributed by atoms with Gasteiger partial charge in [0.25, 0.3) is 0 Å². The van der Waals surface area contributed by atoms with Crippen molar-refractivity contribution in [2.24, 2.45) is 0 Å². The van der Waals surface area contributed by atoms with Crippen molar-refractivity contribution in [3.8, 4) is 11.5 Å². The van der Waals surface area contributed by atoms with E-state index in [1.54, 1.807) is 0 Å². The van der Waals surface area contributed by atoms with Crippen LogP contribution in [0.15, 0.2) is 41.2 Å². The summed E-state index contributed by atoms with van der Waals surface area (Å²) in [6.07, 6.45) is 5.54. The number of nitrogens with zero attached hydrogens (tertiary/aromatic N) is 2. The Morgan fingerprint density at radius 2 is 1.95 bits per heavy atom. The van der Waals surface area contributed by atoms with Gasteiger partial charge in [0, 0.05) is 31.0 Å². The van der Waals surface area contributed by atoms with Crippen molar-refractivity contribution in [3.05, 3.63) is 59.2 Å². The molecule has 108 valence electrons. The van der Waals surface area contributed by atoms with Crippen LogP contribution in [0.2, 0.25) is 0 Å². The SMILES string of the molecule is Cc1ccc(-c2[nH]ncc2CNCc2cnccc2C)o1. The first kappa shape index (κ1) is 13.6. The number of aromatic amines is 1. The van der Waals surface area contributed by atoms with Crippen molar-refractivity contribution >= 4 is 0 Å². The Balaban J connectivity index is 1.67. The number of H-pyrrole nitrogens is 1. The van der Waals surface area contributed by atoms with E-state index in [0.29, 0.717) is 0 Å². The van der Waals surface area contributed by atoms with E-state index in [1.165, 1.54) is 11.1 Å². The predicted octanol–water partition coefficient (Wildman–Crippen LogP) is 2.97. The molecule has 0 saturated carbocycles. The lowest BCUT2D eigenvalue weighted by atomic mass is 10.1. The molecule has 0 aliphatic heterocycles. The second-order valence-corrected chi connectivity index (χ2v) is 5.09. The van der Waals surface area contributed by atoms with Gasteiger partial charge in [-0.3, -0.25) is 10.1 Å². The van der Waals surface area contributed by atoms with Gasteiger partial charge in [-0.1, -0.05) is 0 Å². The number of pyridine rings is 1. The molecular formula is C16H18N4O. The van der Waals surface area contributed by atoms with E-state index in [9.17, 15) is 0 Å². The first-order valence-corrected chi connectivity index (χ1v) is 6.93. The molecule has 0 radical (unpaired) electrons. The van der Waals surface area contributed by atoms with Crippen LogP contribution in [0.5, 0.6) is 0 Å². The van der Waals surface area contributed by atoms with Crippen molar-refractivity contribution in [1.82, 2.24) is 20.5 Å². The van der Waals surface area contributed by atoms with Crippen LogP contribution in [-0.2, 0) is 13.1 Å². The molecule has 21 heavy (non-hydrogen) atoms. The standard InChI is InChI=1S/C16H18N4O/c1-11-5-6-17-7-13(11)8-18-9-14-10-19-20-16(14)15-4-3-12(2)21-15/h3-7,10,18H,8-9H2,1-2H3,(H,19,20). The van der Waals surface area contributed by atoms with Gasteiger partial charge in [0.2, 0.25) is 0 Å². The van der Waals surface area contributed by atoms with Gasteiger partial charge in [0.1, 0.15) is 11.5 Å². The molecule has 0 aliphatic rings. The largest absolute Gasteiger partial charge is 0.460 e. The summed E-state index contributed by atoms with van der Waals surface area (Å²) in [6.45, 7) is 5.53. The van der Waals surface area contributed by atoms with Crippen LogP contribution in [0.25, 0.3) is 11.5 Å². The van der Waals surface area contributed by atoms with Gasteiger partial charge < -0.3 is 9.73 Å². The maximum Gasteiger partial charge on any atom is 0.152 e. The molecule has 5 nitrogen and oxygen atoms in total. The molecular weight excluding hydrogens is 264 g/mol. The number of rotatable bonds is 5. The molecule has 0 saturated heterocycles. The van der Waals surface area contributed by atoms with Gasteiger partial charge in [0.05, 0.1) is 6.20 Å². The Kier molecular flexibility index (Phi) is 3.83. The number of hydrogen-bond acceptors (Lipinski definition) is 4. The lowest BCUT2D eigenvalue weighted by Gasteiger charge is -2.07. The minimum atomic E-state index is 0.722. The zero-order chi connectivity index (χ0) is 14.7. The first-order chi connectivity index (χ1) is 10.2. The highest BCUT2D eigenvalue weighted by molar-refractivity contribution is 5.56. The normalized spacial score (nSPS) is 11.0. The maximum atomic E-state index is 5.64. The third kappa shape index (κ3) is 3.03. The monoisotopic (exact) mass is 282 g/mol. The smallest absolute Gasteiger partial charge is 0.152 e. The number of aromatic nitrogens is 3. The first-order valence-electron chi connectivity index (χ1n) is 6.93. The van der Waals surface area contributed by atoms with Crippen LogP contribution in [0.3, 0.4) is 0 Å². The molecule has 3 aromatic rings. The molecule has 0 bridgehead atoms. The molecule has 0 aromatic carbocycles. The minimum Gasteiger partial charge on any atom is -0.460 e. The summed E-state index contributed by atoms with van der Waals surface area (Å²) in [5.41, 5.74) is 4.47. The minimum absolute atomic E-state index is 0.722. The van der Waals surface area contributed by atoms with Crippen molar-refractivity contribution < 1.29 is 4.42 Å². The van der Waals surface area contributed by atoms with Gasteiger partial charge in [-0.2, -0.15) is 5.10 Å². The molecule has 0 fully saturated rings. The van der Waals surface area contributed by atoms with Gasteiger partial charge in [-0.05, 0) is 43.2 Å². The van der Waals surface area contributed by atoms with Crippen LogP contribution in [0.4, 0.5) is 0 Å². The van der Waals surface area contributed by atoms with Crippen molar-refractivity contribution in [2.75, 3.05) is 0 Å². The average Bonchev–Trinajstić information content (AvgIpc) is 3.09. The van der Waals surface area contributed by atoms with Gasteiger partial charge in [-0.25, -0.2) is 0 Å². The Morgan fingerprint density at radius 3 is 2.71 bits per heavy atom. The van der Waals surface area contributed by atoms with Crippen molar-refractivity contribution in [1.29, 1.82) is 0 Å². The fourth-order valence-corrected chi connectivity index (χ4v) is 2.24. The van der Waals surface area contributed by atoms with E-state index in [2.05, 4.69) is 27.4 Å². The summed E-state index contributed by atoms with van der Waals surface area (Å²) < 4.78 is 5.64. The number of hydrogen-bond donors (Lipinski definition) is 2. The van der Waals surface area contributed by atoms with Gasteiger partial charge >= 0.3 is 0 Å². The van der Waals surface area contributed by atoms with Crippen LogP contribution >= 0.6 is 0 Å². The fourth-order valence-electron chi connectivity index (χ4n) is 2.24. The van der Waals surface area contributed by atoms with E-state index >= 15 is 0 Å². The third-order valence-electron chi connectivity index (χ3n) is 3.48. The van der Waals surface area contributed by atoms with Crippen LogP contribution in [0.1, 0.15) is 22.5 Å². The van der Waals surface area contributed by atoms with Crippen LogP contribution < -0.4 is 5.32 Å². The van der Waals surface area contributed by atoms with E-state index in [1.807, 2.05) is 43.7 Å². The molecule has 2 N–H and O–H groups in total. The topological polar surface area (TPSA) is 66.7 Å². The Morgan fingerprint density at radius 1 is 1.10 bits per heavy atom. The summed E-state index contributed by atoms with van der Waals surface area (Å²) in [7, 11) is 0. The van der Waals surface area contributed by atoms with Crippen LogP contribution in [-0.4, -0.2) is 15.2 Å². The van der Waals surface area contributed by atoms with Crippen LogP contribution in [0, 0.1) is 13.8 Å². The number of aryl methyl sites for hydroxylation is 2. The van der Waals surface area contributed by atoms with Gasteiger partial charge in [0.15, 0.2) is 5.76 Å². The number of furan rings is 1. The predicted molar refractivity (Wildman–Crippen MR) is 80.5 cm³/mol. The molecule has 0 aliphatic carbocycles. The molecule has 3 aromatic heterocycles. The molecule has 5 heteroatoms. The Hall–Kier alpha value is -2.40. The van der Waals surface area contributed by atoms with Gasteiger partial charge in [-0.15, -0.1) is 0 Å². The number of nitrogens with one attached hydrogen (secondary N) is 2. The molecule has 0 unspecified atom stereocenters. The van der Waals surface area contributed by atoms with E-state index < -0.39 is 0 Å². The molecule has 0 spiro atoms. The molecule has 3 rings (SSSR count). The quantitative estimate of drug-likeness (QED) is 0.755. The fraction of sp³-hybridized carbons (Fsp3) is 0.250. The van der Waals surface area contributed by atoms with E-state index in [4.69, 9.17) is 4.42 Å².